The molecule has 5 heteroatoms. The Kier molecular flexibility index (Phi) is 6.42. The van der Waals surface area contributed by atoms with Crippen LogP contribution in [-0.4, -0.2) is 15.0 Å². The Bertz CT molecular complexity index is 2850. The summed E-state index contributed by atoms with van der Waals surface area (Å²) in [6, 6.07) is 55.7. The number of hydrogen-bond acceptors (Lipinski definition) is 5. The average Bonchev–Trinajstić information content (AvgIpc) is 3.77. The molecular weight excluding hydrogens is 615 g/mol. The number of para-hydroxylation sites is 1. The number of nitrogens with zero attached hydrogens (tertiary/aromatic N) is 3. The first-order chi connectivity index (χ1) is 24.8. The zero-order valence-electron chi connectivity index (χ0n) is 26.7. The standard InChI is InChI=1S/C45H27N3O2/c1-3-12-28(13-4-1)29-24-26-30(27-25-29)32-17-9-22-38-41(32)42-35(19-11-23-39(42)50-38)45-47-43(31-14-5-2-6-15-31)46-44(48-45)34-18-10-21-37-40(34)33-16-7-8-20-36(33)49-37/h1-27H. The molecule has 7 aromatic carbocycles. The van der Waals surface area contributed by atoms with Gasteiger partial charge in [-0.25, -0.2) is 15.0 Å². The van der Waals surface area contributed by atoms with Crippen molar-refractivity contribution in [1.82, 2.24) is 15.0 Å². The van der Waals surface area contributed by atoms with E-state index in [0.29, 0.717) is 17.5 Å². The molecule has 0 aliphatic heterocycles. The van der Waals surface area contributed by atoms with Crippen LogP contribution >= 0.6 is 0 Å². The molecule has 0 amide bonds. The molecule has 0 fully saturated rings. The molecule has 0 aliphatic rings. The molecule has 234 valence electrons. The van der Waals surface area contributed by atoms with Crippen molar-refractivity contribution in [3.05, 3.63) is 164 Å². The molecule has 5 nitrogen and oxygen atoms in total. The van der Waals surface area contributed by atoms with Gasteiger partial charge in [0.05, 0.1) is 0 Å². The normalized spacial score (nSPS) is 11.6. The van der Waals surface area contributed by atoms with Gasteiger partial charge in [0, 0.05) is 38.2 Å². The van der Waals surface area contributed by atoms with Gasteiger partial charge in [0.15, 0.2) is 17.5 Å². The van der Waals surface area contributed by atoms with Crippen molar-refractivity contribution in [3.8, 4) is 56.4 Å². The van der Waals surface area contributed by atoms with Crippen LogP contribution in [-0.2, 0) is 0 Å². The zero-order valence-corrected chi connectivity index (χ0v) is 26.7. The number of benzene rings is 7. The van der Waals surface area contributed by atoms with Crippen LogP contribution in [0.4, 0.5) is 0 Å². The third-order valence-electron chi connectivity index (χ3n) is 9.38. The van der Waals surface area contributed by atoms with Gasteiger partial charge in [0.2, 0.25) is 0 Å². The summed E-state index contributed by atoms with van der Waals surface area (Å²) in [7, 11) is 0. The van der Waals surface area contributed by atoms with Gasteiger partial charge in [-0.15, -0.1) is 0 Å². The maximum absolute atomic E-state index is 6.51. The Balaban J connectivity index is 1.21. The van der Waals surface area contributed by atoms with E-state index in [1.807, 2.05) is 84.9 Å². The molecule has 3 heterocycles. The fourth-order valence-electron chi connectivity index (χ4n) is 7.06. The topological polar surface area (TPSA) is 65.0 Å². The Morgan fingerprint density at radius 2 is 0.720 bits per heavy atom. The summed E-state index contributed by atoms with van der Waals surface area (Å²) in [5.41, 5.74) is 10.4. The van der Waals surface area contributed by atoms with Crippen LogP contribution < -0.4 is 0 Å². The zero-order chi connectivity index (χ0) is 33.0. The number of rotatable bonds is 5. The molecule has 0 N–H and O–H groups in total. The maximum Gasteiger partial charge on any atom is 0.164 e. The molecule has 0 saturated carbocycles. The van der Waals surface area contributed by atoms with Crippen LogP contribution in [0.2, 0.25) is 0 Å². The van der Waals surface area contributed by atoms with E-state index in [0.717, 1.165) is 71.7 Å². The van der Waals surface area contributed by atoms with Gasteiger partial charge in [-0.2, -0.15) is 0 Å². The van der Waals surface area contributed by atoms with Crippen LogP contribution in [0.3, 0.4) is 0 Å². The Hall–Kier alpha value is -6.85. The van der Waals surface area contributed by atoms with Crippen molar-refractivity contribution in [2.75, 3.05) is 0 Å². The van der Waals surface area contributed by atoms with Crippen molar-refractivity contribution in [1.29, 1.82) is 0 Å². The summed E-state index contributed by atoms with van der Waals surface area (Å²) >= 11 is 0. The molecule has 0 unspecified atom stereocenters. The van der Waals surface area contributed by atoms with Gasteiger partial charge in [0.25, 0.3) is 0 Å². The Morgan fingerprint density at radius 3 is 1.40 bits per heavy atom. The molecule has 0 bridgehead atoms. The van der Waals surface area contributed by atoms with Crippen LogP contribution in [0.5, 0.6) is 0 Å². The largest absolute Gasteiger partial charge is 0.456 e. The molecule has 10 rings (SSSR count). The number of hydrogen-bond donors (Lipinski definition) is 0. The molecule has 0 atom stereocenters. The van der Waals surface area contributed by atoms with E-state index in [9.17, 15) is 0 Å². The molecule has 50 heavy (non-hydrogen) atoms. The number of fused-ring (bicyclic) bond motifs is 6. The van der Waals surface area contributed by atoms with Gasteiger partial charge < -0.3 is 8.83 Å². The van der Waals surface area contributed by atoms with Crippen molar-refractivity contribution in [2.45, 2.75) is 0 Å². The highest BCUT2D eigenvalue weighted by molar-refractivity contribution is 6.17. The van der Waals surface area contributed by atoms with Gasteiger partial charge in [-0.3, -0.25) is 0 Å². The summed E-state index contributed by atoms with van der Waals surface area (Å²) in [6.45, 7) is 0. The Labute approximate surface area is 287 Å². The third-order valence-corrected chi connectivity index (χ3v) is 9.38. The van der Waals surface area contributed by atoms with Crippen molar-refractivity contribution < 1.29 is 8.83 Å². The molecule has 0 spiro atoms. The highest BCUT2D eigenvalue weighted by Crippen LogP contribution is 2.42. The predicted octanol–water partition coefficient (Wildman–Crippen LogP) is 12.0. The highest BCUT2D eigenvalue weighted by Gasteiger charge is 2.21. The molecule has 0 saturated heterocycles. The van der Waals surface area contributed by atoms with Crippen molar-refractivity contribution >= 4 is 43.9 Å². The minimum atomic E-state index is 0.571. The number of aromatic nitrogens is 3. The lowest BCUT2D eigenvalue weighted by atomic mass is 9.95. The van der Waals surface area contributed by atoms with Crippen LogP contribution in [0.25, 0.3) is 100 Å². The SMILES string of the molecule is c1ccc(-c2ccc(-c3cccc4oc5cccc(-c6nc(-c7ccccc7)nc(-c7cccc8oc9ccccc9c78)n6)c5c34)cc2)cc1. The lowest BCUT2D eigenvalue weighted by molar-refractivity contribution is 0.668. The van der Waals surface area contributed by atoms with E-state index in [4.69, 9.17) is 23.8 Å². The first kappa shape index (κ1) is 28.2. The molecule has 3 aromatic heterocycles. The first-order valence-electron chi connectivity index (χ1n) is 16.6. The first-order valence-corrected chi connectivity index (χ1v) is 16.6. The second-order valence-corrected chi connectivity index (χ2v) is 12.4. The minimum Gasteiger partial charge on any atom is -0.456 e. The van der Waals surface area contributed by atoms with Gasteiger partial charge >= 0.3 is 0 Å². The van der Waals surface area contributed by atoms with Crippen LogP contribution in [0.1, 0.15) is 0 Å². The van der Waals surface area contributed by atoms with Crippen molar-refractivity contribution in [2.24, 2.45) is 0 Å². The second-order valence-electron chi connectivity index (χ2n) is 12.4. The number of furan rings is 2. The average molecular weight is 642 g/mol. The lowest BCUT2D eigenvalue weighted by Crippen LogP contribution is -2.00. The fourth-order valence-corrected chi connectivity index (χ4v) is 7.06. The molecule has 0 radical (unpaired) electrons. The molecular formula is C45H27N3O2. The lowest BCUT2D eigenvalue weighted by Gasteiger charge is -2.11. The van der Waals surface area contributed by atoms with Crippen LogP contribution in [0, 0.1) is 0 Å². The van der Waals surface area contributed by atoms with E-state index in [1.165, 1.54) is 11.1 Å². The minimum absolute atomic E-state index is 0.571. The summed E-state index contributed by atoms with van der Waals surface area (Å²) in [5, 5.41) is 3.99. The van der Waals surface area contributed by atoms with Gasteiger partial charge in [-0.1, -0.05) is 140 Å². The summed E-state index contributed by atoms with van der Waals surface area (Å²) < 4.78 is 12.8. The monoisotopic (exact) mass is 641 g/mol. The quantitative estimate of drug-likeness (QED) is 0.187. The van der Waals surface area contributed by atoms with E-state index >= 15 is 0 Å². The Morgan fingerprint density at radius 1 is 0.280 bits per heavy atom. The van der Waals surface area contributed by atoms with E-state index in [2.05, 4.69) is 78.9 Å². The molecule has 0 aliphatic carbocycles. The summed E-state index contributed by atoms with van der Waals surface area (Å²) in [5.74, 6) is 1.74. The van der Waals surface area contributed by atoms with Crippen molar-refractivity contribution in [3.63, 3.8) is 0 Å². The van der Waals surface area contributed by atoms with Gasteiger partial charge in [0.1, 0.15) is 22.3 Å². The third kappa shape index (κ3) is 4.60. The van der Waals surface area contributed by atoms with E-state index < -0.39 is 0 Å². The second kappa shape index (κ2) is 11.4. The van der Waals surface area contributed by atoms with Crippen LogP contribution in [0.15, 0.2) is 173 Å². The van der Waals surface area contributed by atoms with E-state index in [-0.39, 0.29) is 0 Å². The fraction of sp³-hybridized carbons (Fsp3) is 0. The highest BCUT2D eigenvalue weighted by atomic mass is 16.3. The maximum atomic E-state index is 6.51. The smallest absolute Gasteiger partial charge is 0.164 e. The predicted molar refractivity (Wildman–Crippen MR) is 202 cm³/mol. The van der Waals surface area contributed by atoms with E-state index in [1.54, 1.807) is 0 Å². The summed E-state index contributed by atoms with van der Waals surface area (Å²) in [4.78, 5) is 15.4. The summed E-state index contributed by atoms with van der Waals surface area (Å²) in [6.07, 6.45) is 0. The molecule has 10 aromatic rings. The van der Waals surface area contributed by atoms with Gasteiger partial charge in [-0.05, 0) is 46.5 Å².